The Bertz CT molecular complexity index is 1240. The highest BCUT2D eigenvalue weighted by atomic mass is 14.9. The van der Waals surface area contributed by atoms with E-state index in [1.165, 1.54) is 0 Å². The van der Waals surface area contributed by atoms with Gasteiger partial charge in [0.2, 0.25) is 5.69 Å². The van der Waals surface area contributed by atoms with Crippen molar-refractivity contribution in [1.29, 1.82) is 0 Å². The van der Waals surface area contributed by atoms with Gasteiger partial charge in [-0.3, -0.25) is 0 Å². The molecule has 0 spiro atoms. The van der Waals surface area contributed by atoms with E-state index in [0.29, 0.717) is 16.7 Å². The Balaban J connectivity index is 2.30. The number of nitrogens with zero attached hydrogens (tertiary/aromatic N) is 1. The standard InChI is InChI=1S/C29H38N/c1-20-16-21(2)25(27-15-14-22(19-30(27)9)18-28(3,4)5)17-24(20)23-12-10-11-13-26(23)29(6,7)8/h10-17,19H,18H2,1-9H3/q+1/i1D3,18D2. The molecular weight excluding hydrogens is 362 g/mol. The second-order valence-electron chi connectivity index (χ2n) is 10.3. The average Bonchev–Trinajstić information content (AvgIpc) is 2.71. The zero-order chi connectivity index (χ0) is 26.6. The lowest BCUT2D eigenvalue weighted by molar-refractivity contribution is -0.660. The van der Waals surface area contributed by atoms with Crippen molar-refractivity contribution in [3.63, 3.8) is 0 Å². The van der Waals surface area contributed by atoms with Gasteiger partial charge in [-0.15, -0.1) is 0 Å². The van der Waals surface area contributed by atoms with Gasteiger partial charge in [-0.2, -0.15) is 0 Å². The number of aryl methyl sites for hydroxylation is 3. The summed E-state index contributed by atoms with van der Waals surface area (Å²) in [6, 6.07) is 15.6. The molecule has 2 aromatic carbocycles. The minimum atomic E-state index is -2.25. The van der Waals surface area contributed by atoms with Crippen molar-refractivity contribution in [3.8, 4) is 22.4 Å². The summed E-state index contributed by atoms with van der Waals surface area (Å²) in [4.78, 5) is 0. The van der Waals surface area contributed by atoms with Crippen molar-refractivity contribution in [2.24, 2.45) is 12.5 Å². The molecule has 3 aromatic rings. The van der Waals surface area contributed by atoms with E-state index < -0.39 is 18.6 Å². The zero-order valence-electron chi connectivity index (χ0n) is 24.6. The van der Waals surface area contributed by atoms with Gasteiger partial charge in [0.05, 0.1) is 0 Å². The molecule has 1 heteroatoms. The van der Waals surface area contributed by atoms with Crippen LogP contribution < -0.4 is 4.57 Å². The third-order valence-corrected chi connectivity index (χ3v) is 5.32. The average molecular weight is 406 g/mol. The number of pyridine rings is 1. The summed E-state index contributed by atoms with van der Waals surface area (Å²) in [5.74, 6) is 0. The molecule has 0 aliphatic heterocycles. The highest BCUT2D eigenvalue weighted by molar-refractivity contribution is 5.78. The van der Waals surface area contributed by atoms with Crippen LogP contribution in [0.3, 0.4) is 0 Å². The normalized spacial score (nSPS) is 15.7. The highest BCUT2D eigenvalue weighted by Gasteiger charge is 2.22. The molecule has 0 aliphatic rings. The van der Waals surface area contributed by atoms with Crippen molar-refractivity contribution in [1.82, 2.24) is 0 Å². The molecule has 0 amide bonds. The van der Waals surface area contributed by atoms with Crippen LogP contribution >= 0.6 is 0 Å². The fourth-order valence-electron chi connectivity index (χ4n) is 3.97. The number of aromatic nitrogens is 1. The second-order valence-corrected chi connectivity index (χ2v) is 10.3. The molecule has 1 aromatic heterocycles. The van der Waals surface area contributed by atoms with E-state index >= 15 is 0 Å². The van der Waals surface area contributed by atoms with E-state index in [1.54, 1.807) is 6.07 Å². The van der Waals surface area contributed by atoms with Crippen LogP contribution in [0.5, 0.6) is 0 Å². The predicted octanol–water partition coefficient (Wildman–Crippen LogP) is 7.35. The first-order valence-electron chi connectivity index (χ1n) is 13.1. The van der Waals surface area contributed by atoms with Crippen LogP contribution in [0.15, 0.2) is 54.7 Å². The van der Waals surface area contributed by atoms with Crippen LogP contribution in [0.1, 0.15) is 70.7 Å². The van der Waals surface area contributed by atoms with Gasteiger partial charge in [0.15, 0.2) is 6.20 Å². The first-order chi connectivity index (χ1) is 15.9. The lowest BCUT2D eigenvalue weighted by Gasteiger charge is -2.24. The van der Waals surface area contributed by atoms with Crippen LogP contribution in [-0.2, 0) is 18.8 Å². The molecule has 0 N–H and O–H groups in total. The van der Waals surface area contributed by atoms with Gasteiger partial charge in [0.1, 0.15) is 7.05 Å². The fourth-order valence-corrected chi connectivity index (χ4v) is 3.97. The van der Waals surface area contributed by atoms with Crippen molar-refractivity contribution in [2.75, 3.05) is 0 Å². The van der Waals surface area contributed by atoms with Crippen LogP contribution in [0.25, 0.3) is 22.4 Å². The summed E-state index contributed by atoms with van der Waals surface area (Å²) < 4.78 is 44.0. The van der Waals surface area contributed by atoms with Crippen LogP contribution in [0.4, 0.5) is 0 Å². The van der Waals surface area contributed by atoms with E-state index in [2.05, 4.69) is 26.8 Å². The number of rotatable bonds is 3. The topological polar surface area (TPSA) is 3.88 Å². The van der Waals surface area contributed by atoms with Crippen molar-refractivity contribution >= 4 is 0 Å². The Labute approximate surface area is 190 Å². The van der Waals surface area contributed by atoms with E-state index in [-0.39, 0.29) is 5.41 Å². The lowest BCUT2D eigenvalue weighted by Crippen LogP contribution is -2.32. The van der Waals surface area contributed by atoms with Gasteiger partial charge in [0, 0.05) is 24.0 Å². The minimum absolute atomic E-state index is 0.154. The van der Waals surface area contributed by atoms with Crippen LogP contribution in [0.2, 0.25) is 0 Å². The molecule has 0 radical (unpaired) electrons. The Morgan fingerprint density at radius 2 is 1.57 bits per heavy atom. The summed E-state index contributed by atoms with van der Waals surface area (Å²) in [5, 5.41) is 0. The first-order valence-corrected chi connectivity index (χ1v) is 10.6. The van der Waals surface area contributed by atoms with Crippen LogP contribution in [-0.4, -0.2) is 0 Å². The molecule has 0 atom stereocenters. The van der Waals surface area contributed by atoms with Gasteiger partial charge in [-0.1, -0.05) is 71.9 Å². The van der Waals surface area contributed by atoms with Gasteiger partial charge >= 0.3 is 0 Å². The lowest BCUT2D eigenvalue weighted by atomic mass is 9.80. The molecule has 3 rings (SSSR count). The SMILES string of the molecule is [2H]C([2H])([2H])c1cc(C)c(-c2ccc(C([2H])([2H])C(C)(C)C)c[n+]2C)cc1-c1ccccc1C(C)(C)C. The summed E-state index contributed by atoms with van der Waals surface area (Å²) >= 11 is 0. The molecular formula is C29H38N+. The third kappa shape index (κ3) is 4.83. The quantitative estimate of drug-likeness (QED) is 0.401. The summed E-state index contributed by atoms with van der Waals surface area (Å²) in [5.41, 5.74) is 5.70. The molecule has 1 heterocycles. The Morgan fingerprint density at radius 3 is 2.17 bits per heavy atom. The fraction of sp³-hybridized carbons (Fsp3) is 0.414. The molecule has 158 valence electrons. The monoisotopic (exact) mass is 405 g/mol. The van der Waals surface area contributed by atoms with Gasteiger partial charge in [0.25, 0.3) is 0 Å². The van der Waals surface area contributed by atoms with E-state index in [0.717, 1.165) is 27.9 Å². The maximum Gasteiger partial charge on any atom is 0.212 e. The molecule has 0 bridgehead atoms. The Kier molecular flexibility index (Phi) is 4.36. The highest BCUT2D eigenvalue weighted by Crippen LogP contribution is 2.37. The van der Waals surface area contributed by atoms with E-state index in [1.807, 2.05) is 81.9 Å². The largest absolute Gasteiger partial charge is 0.212 e. The summed E-state index contributed by atoms with van der Waals surface area (Å²) in [7, 11) is 1.91. The maximum atomic E-state index is 8.65. The van der Waals surface area contributed by atoms with E-state index in [4.69, 9.17) is 6.85 Å². The van der Waals surface area contributed by atoms with Crippen LogP contribution in [0, 0.1) is 19.2 Å². The van der Waals surface area contributed by atoms with Gasteiger partial charge in [-0.25, -0.2) is 4.57 Å². The molecule has 0 saturated carbocycles. The Hall–Kier alpha value is -2.41. The molecule has 0 saturated heterocycles. The van der Waals surface area contributed by atoms with Crippen molar-refractivity contribution in [2.45, 2.75) is 67.1 Å². The van der Waals surface area contributed by atoms with E-state index in [9.17, 15) is 0 Å². The number of hydrogen-bond acceptors (Lipinski definition) is 0. The maximum absolute atomic E-state index is 8.65. The van der Waals surface area contributed by atoms with Gasteiger partial charge < -0.3 is 0 Å². The zero-order valence-corrected chi connectivity index (χ0v) is 19.6. The predicted molar refractivity (Wildman–Crippen MR) is 130 cm³/mol. The van der Waals surface area contributed by atoms with Gasteiger partial charge in [-0.05, 0) is 70.9 Å². The second kappa shape index (κ2) is 8.02. The molecule has 0 unspecified atom stereocenters. The van der Waals surface area contributed by atoms with Crippen molar-refractivity contribution < 1.29 is 11.4 Å². The minimum Gasteiger partial charge on any atom is -0.201 e. The number of benzene rings is 2. The molecule has 30 heavy (non-hydrogen) atoms. The molecule has 1 nitrogen and oxygen atoms in total. The first kappa shape index (κ1) is 16.3. The molecule has 0 aliphatic carbocycles. The Morgan fingerprint density at radius 1 is 0.867 bits per heavy atom. The summed E-state index contributed by atoms with van der Waals surface area (Å²) in [6.07, 6.45) is 0.348. The number of hydrogen-bond donors (Lipinski definition) is 0. The smallest absolute Gasteiger partial charge is 0.201 e. The third-order valence-electron chi connectivity index (χ3n) is 5.32. The molecule has 0 fully saturated rings. The summed E-state index contributed by atoms with van der Waals surface area (Å²) in [6.45, 7) is 11.8. The van der Waals surface area contributed by atoms with Crippen molar-refractivity contribution in [3.05, 3.63) is 77.0 Å².